The molecule has 0 aliphatic carbocycles. The monoisotopic (exact) mass is 368 g/mol. The van der Waals surface area contributed by atoms with Gasteiger partial charge in [-0.15, -0.1) is 10.2 Å². The summed E-state index contributed by atoms with van der Waals surface area (Å²) in [6.45, 7) is 0. The summed E-state index contributed by atoms with van der Waals surface area (Å²) in [6.07, 6.45) is 0. The number of aromatic nitrogens is 3. The molecule has 0 saturated carbocycles. The number of halogens is 3. The normalized spacial score (nSPS) is 10.9. The zero-order valence-corrected chi connectivity index (χ0v) is 14.0. The smallest absolute Gasteiger partial charge is 0.210 e. The minimum Gasteiger partial charge on any atom is -0.335 e. The maximum absolute atomic E-state index is 13.8. The van der Waals surface area contributed by atoms with Gasteiger partial charge in [-0.2, -0.15) is 0 Å². The Labute approximate surface area is 146 Å². The van der Waals surface area contributed by atoms with Crippen LogP contribution in [0, 0.1) is 5.82 Å². The Hall–Kier alpha value is -1.76. The van der Waals surface area contributed by atoms with Crippen molar-refractivity contribution in [3.05, 3.63) is 63.9 Å². The second-order valence-electron chi connectivity index (χ2n) is 4.67. The summed E-state index contributed by atoms with van der Waals surface area (Å²) in [4.78, 5) is 0. The number of nitrogens with zero attached hydrogens (tertiary/aromatic N) is 3. The van der Waals surface area contributed by atoms with Gasteiger partial charge in [0.15, 0.2) is 5.82 Å². The third-order valence-electron chi connectivity index (χ3n) is 3.17. The lowest BCUT2D eigenvalue weighted by atomic mass is 10.2. The lowest BCUT2D eigenvalue weighted by Crippen LogP contribution is -2.11. The van der Waals surface area contributed by atoms with Gasteiger partial charge in [-0.3, -0.25) is 0 Å². The third kappa shape index (κ3) is 3.44. The van der Waals surface area contributed by atoms with E-state index in [4.69, 9.17) is 29.0 Å². The Balaban J connectivity index is 1.81. The van der Waals surface area contributed by atoms with Crippen LogP contribution >= 0.6 is 35.0 Å². The standard InChI is InChI=1S/C15H11Cl2FN4S/c16-10-6-4-9(5-7-10)14-20-21-15(22(14)19)23-8-11-12(17)2-1-3-13(11)18/h1-7H,8,19H2. The molecule has 0 aliphatic rings. The van der Waals surface area contributed by atoms with E-state index >= 15 is 0 Å². The van der Waals surface area contributed by atoms with Crippen LogP contribution in [0.5, 0.6) is 0 Å². The van der Waals surface area contributed by atoms with Gasteiger partial charge in [0.2, 0.25) is 5.16 Å². The van der Waals surface area contributed by atoms with Crippen LogP contribution in [0.15, 0.2) is 47.6 Å². The SMILES string of the molecule is Nn1c(SCc2c(F)cccc2Cl)nnc1-c1ccc(Cl)cc1. The fourth-order valence-corrected chi connectivity index (χ4v) is 3.30. The van der Waals surface area contributed by atoms with Crippen molar-refractivity contribution in [2.75, 3.05) is 5.84 Å². The Kier molecular flexibility index (Phi) is 4.75. The lowest BCUT2D eigenvalue weighted by molar-refractivity contribution is 0.617. The van der Waals surface area contributed by atoms with Crippen LogP contribution in [0.2, 0.25) is 10.0 Å². The first-order valence-corrected chi connectivity index (χ1v) is 8.32. The molecule has 0 spiro atoms. The first-order chi connectivity index (χ1) is 11.1. The van der Waals surface area contributed by atoms with E-state index in [0.29, 0.717) is 32.3 Å². The molecule has 3 rings (SSSR count). The molecule has 0 radical (unpaired) electrons. The van der Waals surface area contributed by atoms with Gasteiger partial charge in [0, 0.05) is 26.9 Å². The van der Waals surface area contributed by atoms with Crippen molar-refractivity contribution in [1.29, 1.82) is 0 Å². The van der Waals surface area contributed by atoms with Crippen LogP contribution in [-0.4, -0.2) is 14.9 Å². The highest BCUT2D eigenvalue weighted by Gasteiger charge is 2.14. The van der Waals surface area contributed by atoms with E-state index in [1.807, 2.05) is 0 Å². The molecular weight excluding hydrogens is 358 g/mol. The van der Waals surface area contributed by atoms with Gasteiger partial charge in [0.05, 0.1) is 0 Å². The summed E-state index contributed by atoms with van der Waals surface area (Å²) in [5.74, 6) is 6.48. The molecule has 0 aliphatic heterocycles. The van der Waals surface area contributed by atoms with E-state index in [1.54, 1.807) is 36.4 Å². The highest BCUT2D eigenvalue weighted by Crippen LogP contribution is 2.29. The second kappa shape index (κ2) is 6.78. The number of hydrogen-bond donors (Lipinski definition) is 1. The van der Waals surface area contributed by atoms with E-state index in [9.17, 15) is 4.39 Å². The maximum atomic E-state index is 13.8. The molecule has 0 unspecified atom stereocenters. The molecule has 0 atom stereocenters. The Bertz CT molecular complexity index is 816. The summed E-state index contributed by atoms with van der Waals surface area (Å²) in [5.41, 5.74) is 1.20. The van der Waals surface area contributed by atoms with Crippen molar-refractivity contribution in [2.45, 2.75) is 10.9 Å². The number of nitrogen functional groups attached to an aromatic ring is 1. The fraction of sp³-hybridized carbons (Fsp3) is 0.0667. The van der Waals surface area contributed by atoms with Crippen molar-refractivity contribution in [3.63, 3.8) is 0 Å². The van der Waals surface area contributed by atoms with Crippen LogP contribution in [-0.2, 0) is 5.75 Å². The van der Waals surface area contributed by atoms with Crippen LogP contribution < -0.4 is 5.84 Å². The van der Waals surface area contributed by atoms with Gasteiger partial charge >= 0.3 is 0 Å². The van der Waals surface area contributed by atoms with E-state index in [-0.39, 0.29) is 5.82 Å². The maximum Gasteiger partial charge on any atom is 0.210 e. The molecule has 1 aromatic heterocycles. The summed E-state index contributed by atoms with van der Waals surface area (Å²) in [6, 6.07) is 11.7. The highest BCUT2D eigenvalue weighted by atomic mass is 35.5. The van der Waals surface area contributed by atoms with Crippen molar-refractivity contribution >= 4 is 35.0 Å². The Morgan fingerprint density at radius 2 is 1.83 bits per heavy atom. The molecule has 0 bridgehead atoms. The molecule has 1 heterocycles. The number of rotatable bonds is 4. The fourth-order valence-electron chi connectivity index (χ4n) is 1.98. The average Bonchev–Trinajstić information content (AvgIpc) is 2.89. The van der Waals surface area contributed by atoms with Crippen molar-refractivity contribution in [2.24, 2.45) is 0 Å². The second-order valence-corrected chi connectivity index (χ2v) is 6.46. The minimum absolute atomic E-state index is 0.307. The number of benzene rings is 2. The molecule has 8 heteroatoms. The quantitative estimate of drug-likeness (QED) is 0.547. The first-order valence-electron chi connectivity index (χ1n) is 6.58. The predicted molar refractivity (Wildman–Crippen MR) is 91.6 cm³/mol. The van der Waals surface area contributed by atoms with E-state index in [2.05, 4.69) is 10.2 Å². The van der Waals surface area contributed by atoms with Crippen LogP contribution in [0.25, 0.3) is 11.4 Å². The molecule has 0 amide bonds. The minimum atomic E-state index is -0.356. The van der Waals surface area contributed by atoms with Crippen molar-refractivity contribution in [1.82, 2.24) is 14.9 Å². The Morgan fingerprint density at radius 1 is 1.09 bits per heavy atom. The number of nitrogens with two attached hydrogens (primary N) is 1. The number of hydrogen-bond acceptors (Lipinski definition) is 4. The van der Waals surface area contributed by atoms with Gasteiger partial charge in [-0.25, -0.2) is 9.07 Å². The van der Waals surface area contributed by atoms with Crippen LogP contribution in [0.3, 0.4) is 0 Å². The third-order valence-corrected chi connectivity index (χ3v) is 4.75. The van der Waals surface area contributed by atoms with Gasteiger partial charge in [-0.05, 0) is 36.4 Å². The van der Waals surface area contributed by atoms with Gasteiger partial charge in [0.25, 0.3) is 0 Å². The zero-order chi connectivity index (χ0) is 16.4. The molecule has 0 saturated heterocycles. The lowest BCUT2D eigenvalue weighted by Gasteiger charge is -2.06. The molecule has 4 nitrogen and oxygen atoms in total. The van der Waals surface area contributed by atoms with E-state index in [0.717, 1.165) is 5.56 Å². The van der Waals surface area contributed by atoms with E-state index < -0.39 is 0 Å². The van der Waals surface area contributed by atoms with Gasteiger partial charge < -0.3 is 5.84 Å². The molecule has 118 valence electrons. The topological polar surface area (TPSA) is 56.7 Å². The molecular formula is C15H11Cl2FN4S. The number of thioether (sulfide) groups is 1. The van der Waals surface area contributed by atoms with E-state index in [1.165, 1.54) is 22.5 Å². The molecule has 23 heavy (non-hydrogen) atoms. The molecule has 2 N–H and O–H groups in total. The molecule has 3 aromatic rings. The van der Waals surface area contributed by atoms with Gasteiger partial charge in [0.1, 0.15) is 5.82 Å². The Morgan fingerprint density at radius 3 is 2.52 bits per heavy atom. The molecule has 2 aromatic carbocycles. The average molecular weight is 369 g/mol. The summed E-state index contributed by atoms with van der Waals surface area (Å²) >= 11 is 13.1. The van der Waals surface area contributed by atoms with Gasteiger partial charge in [-0.1, -0.05) is 41.0 Å². The van der Waals surface area contributed by atoms with Crippen LogP contribution in [0.4, 0.5) is 4.39 Å². The zero-order valence-electron chi connectivity index (χ0n) is 11.7. The molecule has 0 fully saturated rings. The summed E-state index contributed by atoms with van der Waals surface area (Å²) in [5, 5.41) is 9.58. The van der Waals surface area contributed by atoms with Crippen LogP contribution in [0.1, 0.15) is 5.56 Å². The van der Waals surface area contributed by atoms with Crippen molar-refractivity contribution < 1.29 is 4.39 Å². The predicted octanol–water partition coefficient (Wildman–Crippen LogP) is 4.40. The largest absolute Gasteiger partial charge is 0.335 e. The highest BCUT2D eigenvalue weighted by molar-refractivity contribution is 7.98. The van der Waals surface area contributed by atoms with Crippen molar-refractivity contribution in [3.8, 4) is 11.4 Å². The summed E-state index contributed by atoms with van der Waals surface area (Å²) in [7, 11) is 0. The first kappa shape index (κ1) is 16.1. The summed E-state index contributed by atoms with van der Waals surface area (Å²) < 4.78 is 15.1.